The fourth-order valence-corrected chi connectivity index (χ4v) is 2.15. The number of fused-ring (bicyclic) bond motifs is 1. The van der Waals surface area contributed by atoms with Crippen molar-refractivity contribution < 1.29 is 9.53 Å². The quantitative estimate of drug-likeness (QED) is 0.634. The molecule has 0 fully saturated rings. The first kappa shape index (κ1) is 16.1. The SMILES string of the molecule is CC(C)(C)OC=O.Clc1cc(CBr)c2[nH]ccc2c1. The van der Waals surface area contributed by atoms with E-state index in [1.807, 2.05) is 45.2 Å². The molecule has 19 heavy (non-hydrogen) atoms. The normalized spacial score (nSPS) is 10.8. The minimum Gasteiger partial charge on any atom is -0.462 e. The fraction of sp³-hybridized carbons (Fsp3) is 0.357. The van der Waals surface area contributed by atoms with Crippen molar-refractivity contribution in [3.05, 3.63) is 35.0 Å². The van der Waals surface area contributed by atoms with Crippen molar-refractivity contribution in [2.45, 2.75) is 31.7 Å². The lowest BCUT2D eigenvalue weighted by molar-refractivity contribution is -0.138. The van der Waals surface area contributed by atoms with Crippen LogP contribution in [0.15, 0.2) is 24.4 Å². The first-order chi connectivity index (χ1) is 8.87. The van der Waals surface area contributed by atoms with Crippen LogP contribution in [0.1, 0.15) is 26.3 Å². The van der Waals surface area contributed by atoms with E-state index < -0.39 is 0 Å². The van der Waals surface area contributed by atoms with Crippen LogP contribution in [-0.4, -0.2) is 17.1 Å². The zero-order valence-corrected chi connectivity index (χ0v) is 13.5. The van der Waals surface area contributed by atoms with Crippen LogP contribution in [0.4, 0.5) is 0 Å². The van der Waals surface area contributed by atoms with Gasteiger partial charge in [0, 0.05) is 27.5 Å². The number of aromatic amines is 1. The molecule has 0 atom stereocenters. The molecule has 0 aliphatic rings. The summed E-state index contributed by atoms with van der Waals surface area (Å²) in [5.74, 6) is 0. The average molecular weight is 347 g/mol. The van der Waals surface area contributed by atoms with E-state index in [-0.39, 0.29) is 5.60 Å². The largest absolute Gasteiger partial charge is 0.462 e. The van der Waals surface area contributed by atoms with Crippen molar-refractivity contribution >= 4 is 44.9 Å². The van der Waals surface area contributed by atoms with E-state index in [4.69, 9.17) is 11.6 Å². The first-order valence-corrected chi connectivity index (χ1v) is 7.30. The van der Waals surface area contributed by atoms with Crippen molar-refractivity contribution in [1.82, 2.24) is 4.98 Å². The molecule has 1 aromatic carbocycles. The summed E-state index contributed by atoms with van der Waals surface area (Å²) in [4.78, 5) is 12.8. The van der Waals surface area contributed by atoms with Gasteiger partial charge in [-0.2, -0.15) is 0 Å². The highest BCUT2D eigenvalue weighted by atomic mass is 79.9. The highest BCUT2D eigenvalue weighted by molar-refractivity contribution is 9.08. The predicted octanol–water partition coefficient (Wildman–Crippen LogP) is 4.67. The van der Waals surface area contributed by atoms with Gasteiger partial charge < -0.3 is 9.72 Å². The lowest BCUT2D eigenvalue weighted by atomic mass is 10.2. The Balaban J connectivity index is 0.000000224. The Labute approximate surface area is 126 Å². The van der Waals surface area contributed by atoms with E-state index in [0.717, 1.165) is 21.3 Å². The van der Waals surface area contributed by atoms with Crippen LogP contribution in [0, 0.1) is 0 Å². The summed E-state index contributed by atoms with van der Waals surface area (Å²) < 4.78 is 4.55. The van der Waals surface area contributed by atoms with E-state index in [1.54, 1.807) is 0 Å². The Hall–Kier alpha value is -1.00. The first-order valence-electron chi connectivity index (χ1n) is 5.80. The van der Waals surface area contributed by atoms with E-state index in [0.29, 0.717) is 6.47 Å². The highest BCUT2D eigenvalue weighted by Gasteiger charge is 2.07. The summed E-state index contributed by atoms with van der Waals surface area (Å²) >= 11 is 9.34. The summed E-state index contributed by atoms with van der Waals surface area (Å²) in [5.41, 5.74) is 2.04. The molecule has 0 amide bonds. The zero-order chi connectivity index (χ0) is 14.5. The maximum atomic E-state index is 9.60. The summed E-state index contributed by atoms with van der Waals surface area (Å²) in [6.45, 7) is 5.92. The number of nitrogens with one attached hydrogen (secondary N) is 1. The van der Waals surface area contributed by atoms with Gasteiger partial charge in [0.2, 0.25) is 0 Å². The molecule has 0 saturated carbocycles. The van der Waals surface area contributed by atoms with Crippen molar-refractivity contribution in [3.8, 4) is 0 Å². The van der Waals surface area contributed by atoms with Gasteiger partial charge in [0.15, 0.2) is 0 Å². The number of ether oxygens (including phenoxy) is 1. The number of benzene rings is 1. The third-order valence-electron chi connectivity index (χ3n) is 2.25. The number of rotatable bonds is 2. The number of H-pyrrole nitrogens is 1. The summed E-state index contributed by atoms with van der Waals surface area (Å²) in [7, 11) is 0. The van der Waals surface area contributed by atoms with Crippen LogP contribution in [-0.2, 0) is 14.9 Å². The third kappa shape index (κ3) is 5.25. The molecule has 2 rings (SSSR count). The second kappa shape index (κ2) is 6.96. The van der Waals surface area contributed by atoms with E-state index in [2.05, 4.69) is 25.7 Å². The van der Waals surface area contributed by atoms with Gasteiger partial charge in [-0.3, -0.25) is 4.79 Å². The number of carbonyl (C=O) groups is 1. The second-order valence-corrected chi connectivity index (χ2v) is 5.96. The molecule has 0 bridgehead atoms. The molecule has 0 saturated heterocycles. The van der Waals surface area contributed by atoms with Crippen LogP contribution < -0.4 is 0 Å². The monoisotopic (exact) mass is 345 g/mol. The highest BCUT2D eigenvalue weighted by Crippen LogP contribution is 2.24. The lowest BCUT2D eigenvalue weighted by Crippen LogP contribution is -2.17. The van der Waals surface area contributed by atoms with Gasteiger partial charge in [-0.1, -0.05) is 27.5 Å². The van der Waals surface area contributed by atoms with E-state index >= 15 is 0 Å². The number of hydrogen-bond acceptors (Lipinski definition) is 2. The molecule has 104 valence electrons. The van der Waals surface area contributed by atoms with Crippen LogP contribution in [0.3, 0.4) is 0 Å². The molecule has 0 aliphatic heterocycles. The summed E-state index contributed by atoms with van der Waals surface area (Å²) in [6, 6.07) is 5.95. The minimum atomic E-state index is -0.318. The smallest absolute Gasteiger partial charge is 0.293 e. The molecule has 3 nitrogen and oxygen atoms in total. The number of halogens is 2. The predicted molar refractivity (Wildman–Crippen MR) is 82.8 cm³/mol. The van der Waals surface area contributed by atoms with Gasteiger partial charge >= 0.3 is 0 Å². The molecule has 1 aromatic heterocycles. The van der Waals surface area contributed by atoms with E-state index in [9.17, 15) is 4.79 Å². The molecular formula is C14H17BrClNO2. The molecule has 0 unspecified atom stereocenters. The number of hydrogen-bond donors (Lipinski definition) is 1. The average Bonchev–Trinajstić information content (AvgIpc) is 2.74. The Bertz CT molecular complexity index is 546. The van der Waals surface area contributed by atoms with Crippen molar-refractivity contribution in [2.24, 2.45) is 0 Å². The number of aromatic nitrogens is 1. The maximum Gasteiger partial charge on any atom is 0.293 e. The van der Waals surface area contributed by atoms with E-state index in [1.165, 1.54) is 5.56 Å². The summed E-state index contributed by atoms with van der Waals surface area (Å²) in [5, 5.41) is 2.78. The second-order valence-electron chi connectivity index (χ2n) is 4.97. The summed E-state index contributed by atoms with van der Waals surface area (Å²) in [6.07, 6.45) is 1.92. The molecule has 1 heterocycles. The van der Waals surface area contributed by atoms with Gasteiger partial charge in [0.25, 0.3) is 6.47 Å². The molecule has 0 radical (unpaired) electrons. The van der Waals surface area contributed by atoms with Gasteiger partial charge in [-0.15, -0.1) is 0 Å². The fourth-order valence-electron chi connectivity index (χ4n) is 1.46. The minimum absolute atomic E-state index is 0.318. The topological polar surface area (TPSA) is 42.1 Å². The van der Waals surface area contributed by atoms with Crippen LogP contribution >= 0.6 is 27.5 Å². The Morgan fingerprint density at radius 1 is 1.42 bits per heavy atom. The van der Waals surface area contributed by atoms with Crippen LogP contribution in [0.25, 0.3) is 10.9 Å². The Morgan fingerprint density at radius 2 is 2.11 bits per heavy atom. The maximum absolute atomic E-state index is 9.60. The Morgan fingerprint density at radius 3 is 2.58 bits per heavy atom. The molecule has 2 aromatic rings. The molecule has 1 N–H and O–H groups in total. The third-order valence-corrected chi connectivity index (χ3v) is 3.07. The van der Waals surface area contributed by atoms with Crippen LogP contribution in [0.2, 0.25) is 5.02 Å². The number of carbonyl (C=O) groups excluding carboxylic acids is 1. The lowest BCUT2D eigenvalue weighted by Gasteiger charge is -2.14. The number of alkyl halides is 1. The molecular weight excluding hydrogens is 330 g/mol. The van der Waals surface area contributed by atoms with Crippen molar-refractivity contribution in [1.29, 1.82) is 0 Å². The van der Waals surface area contributed by atoms with Crippen molar-refractivity contribution in [2.75, 3.05) is 0 Å². The van der Waals surface area contributed by atoms with Gasteiger partial charge in [0.05, 0.1) is 0 Å². The standard InChI is InChI=1S/C9H7BrClN.C5H10O2/c10-5-7-4-8(11)3-6-1-2-12-9(6)7;1-5(2,3)7-4-6/h1-4,12H,5H2;4H,1-3H3. The van der Waals surface area contributed by atoms with Crippen molar-refractivity contribution in [3.63, 3.8) is 0 Å². The van der Waals surface area contributed by atoms with Gasteiger partial charge in [0.1, 0.15) is 5.60 Å². The molecule has 5 heteroatoms. The van der Waals surface area contributed by atoms with Crippen LogP contribution in [0.5, 0.6) is 0 Å². The zero-order valence-electron chi connectivity index (χ0n) is 11.2. The van der Waals surface area contributed by atoms with Gasteiger partial charge in [-0.25, -0.2) is 0 Å². The molecule has 0 aliphatic carbocycles. The molecule has 0 spiro atoms. The van der Waals surface area contributed by atoms with Gasteiger partial charge in [-0.05, 0) is 44.5 Å². The Kier molecular flexibility index (Phi) is 5.88.